The van der Waals surface area contributed by atoms with Crippen molar-refractivity contribution in [3.05, 3.63) is 60.2 Å². The molecule has 0 saturated heterocycles. The second-order valence-electron chi connectivity index (χ2n) is 5.65. The maximum absolute atomic E-state index is 12.0. The Labute approximate surface area is 161 Å². The molecule has 28 heavy (non-hydrogen) atoms. The minimum atomic E-state index is -3.97. The lowest BCUT2D eigenvalue weighted by atomic mass is 10.1. The highest BCUT2D eigenvalue weighted by Crippen LogP contribution is 2.32. The second kappa shape index (κ2) is 7.50. The van der Waals surface area contributed by atoms with Gasteiger partial charge in [0.1, 0.15) is 4.90 Å². The van der Waals surface area contributed by atoms with Crippen LogP contribution in [0.2, 0.25) is 0 Å². The van der Waals surface area contributed by atoms with Gasteiger partial charge in [-0.2, -0.15) is 9.78 Å². The molecule has 1 N–H and O–H groups in total. The third kappa shape index (κ3) is 3.70. The molecule has 2 heterocycles. The van der Waals surface area contributed by atoms with Crippen LogP contribution in [0.4, 0.5) is 5.69 Å². The molecule has 0 fully saturated rings. The number of ether oxygens (including phenoxy) is 1. The van der Waals surface area contributed by atoms with Gasteiger partial charge in [-0.3, -0.25) is 4.79 Å². The summed E-state index contributed by atoms with van der Waals surface area (Å²) in [6, 6.07) is 9.73. The van der Waals surface area contributed by atoms with Gasteiger partial charge >= 0.3 is 0 Å². The van der Waals surface area contributed by atoms with Gasteiger partial charge in [0, 0.05) is 13.1 Å². The molecule has 10 heteroatoms. The number of nitrogens with one attached hydrogen (secondary N) is 1. The number of aromatic nitrogens is 3. The molecule has 0 aliphatic heterocycles. The van der Waals surface area contributed by atoms with Gasteiger partial charge in [0.2, 0.25) is 11.8 Å². The topological polar surface area (TPSA) is 108 Å². The summed E-state index contributed by atoms with van der Waals surface area (Å²) in [4.78, 5) is 18.4. The zero-order chi connectivity index (χ0) is 20.3. The number of hydrogen-bond acceptors (Lipinski definition) is 6. The summed E-state index contributed by atoms with van der Waals surface area (Å²) in [6.45, 7) is 8.13. The van der Waals surface area contributed by atoms with Crippen molar-refractivity contribution in [2.45, 2.75) is 11.8 Å². The summed E-state index contributed by atoms with van der Waals surface area (Å²) < 4.78 is 32.8. The van der Waals surface area contributed by atoms with E-state index in [1.807, 2.05) is 4.72 Å². The first-order valence-corrected chi connectivity index (χ1v) is 9.44. The predicted molar refractivity (Wildman–Crippen MR) is 101 cm³/mol. The zero-order valence-electron chi connectivity index (χ0n) is 14.9. The fraction of sp³-hybridized carbons (Fsp3) is 0.111. The Balaban J connectivity index is 1.97. The fourth-order valence-electron chi connectivity index (χ4n) is 2.52. The maximum Gasteiger partial charge on any atom is 0.265 e. The third-order valence-corrected chi connectivity index (χ3v) is 5.17. The van der Waals surface area contributed by atoms with Gasteiger partial charge in [0.15, 0.2) is 11.5 Å². The van der Waals surface area contributed by atoms with Crippen molar-refractivity contribution in [1.29, 1.82) is 0 Å². The van der Waals surface area contributed by atoms with Crippen molar-refractivity contribution in [3.8, 4) is 22.8 Å². The van der Waals surface area contributed by atoms with Gasteiger partial charge in [-0.25, -0.2) is 23.0 Å². The first-order chi connectivity index (χ1) is 13.4. The number of sulfonamides is 1. The van der Waals surface area contributed by atoms with Gasteiger partial charge < -0.3 is 4.74 Å². The lowest BCUT2D eigenvalue weighted by Gasteiger charge is -2.09. The maximum atomic E-state index is 12.0. The summed E-state index contributed by atoms with van der Waals surface area (Å²) in [5, 5.41) is 4.27. The van der Waals surface area contributed by atoms with E-state index in [4.69, 9.17) is 11.3 Å². The molecule has 0 spiro atoms. The lowest BCUT2D eigenvalue weighted by molar-refractivity contribution is -0.117. The Morgan fingerprint density at radius 3 is 2.43 bits per heavy atom. The molecule has 3 aromatic rings. The Morgan fingerprint density at radius 1 is 1.18 bits per heavy atom. The van der Waals surface area contributed by atoms with Gasteiger partial charge in [-0.1, -0.05) is 24.3 Å². The molecule has 142 valence electrons. The van der Waals surface area contributed by atoms with E-state index in [-0.39, 0.29) is 4.90 Å². The summed E-state index contributed by atoms with van der Waals surface area (Å²) in [5.74, 6) is 0.0508. The average molecular weight is 397 g/mol. The second-order valence-corrected chi connectivity index (χ2v) is 7.33. The minimum Gasteiger partial charge on any atom is -0.480 e. The van der Waals surface area contributed by atoms with Gasteiger partial charge in [-0.15, -0.1) is 0 Å². The highest BCUT2D eigenvalue weighted by atomic mass is 32.2. The lowest BCUT2D eigenvalue weighted by Crippen LogP contribution is -2.28. The summed E-state index contributed by atoms with van der Waals surface area (Å²) in [6.07, 6.45) is 2.72. The molecular weight excluding hydrogens is 382 g/mol. The molecule has 0 unspecified atom stereocenters. The number of methoxy groups -OCH3 is 1. The molecule has 3 rings (SSSR count). The number of hydrogen-bond donors (Lipinski definition) is 1. The largest absolute Gasteiger partial charge is 0.480 e. The number of pyridine rings is 1. The van der Waals surface area contributed by atoms with Crippen LogP contribution < -0.4 is 9.46 Å². The molecule has 0 radical (unpaired) electrons. The van der Waals surface area contributed by atoms with Crippen LogP contribution in [-0.2, 0) is 14.8 Å². The normalized spacial score (nSPS) is 10.9. The first-order valence-electron chi connectivity index (χ1n) is 7.95. The molecule has 1 amide bonds. The minimum absolute atomic E-state index is 0.146. The Morgan fingerprint density at radius 2 is 1.89 bits per heavy atom. The predicted octanol–water partition coefficient (Wildman–Crippen LogP) is 2.32. The van der Waals surface area contributed by atoms with Crippen molar-refractivity contribution in [2.75, 3.05) is 7.11 Å². The molecule has 0 saturated carbocycles. The fourth-order valence-corrected chi connectivity index (χ4v) is 3.45. The Kier molecular flexibility index (Phi) is 5.10. The molecule has 0 aliphatic rings. The van der Waals surface area contributed by atoms with Gasteiger partial charge in [0.25, 0.3) is 10.0 Å². The molecule has 1 aromatic carbocycles. The monoisotopic (exact) mass is 397 g/mol. The molecular formula is C18H15N5O4S. The smallest absolute Gasteiger partial charge is 0.265 e. The van der Waals surface area contributed by atoms with Crippen LogP contribution in [0.25, 0.3) is 21.8 Å². The van der Waals surface area contributed by atoms with E-state index in [0.29, 0.717) is 22.9 Å². The van der Waals surface area contributed by atoms with E-state index in [2.05, 4.69) is 14.9 Å². The van der Waals surface area contributed by atoms with Crippen LogP contribution in [0.3, 0.4) is 0 Å². The van der Waals surface area contributed by atoms with Crippen molar-refractivity contribution >= 4 is 21.6 Å². The number of benzene rings is 1. The van der Waals surface area contributed by atoms with E-state index in [9.17, 15) is 13.2 Å². The van der Waals surface area contributed by atoms with E-state index in [1.54, 1.807) is 30.5 Å². The third-order valence-electron chi connectivity index (χ3n) is 3.75. The first kappa shape index (κ1) is 19.1. The van der Waals surface area contributed by atoms with Crippen LogP contribution in [0, 0.1) is 6.57 Å². The molecule has 9 nitrogen and oxygen atoms in total. The number of rotatable bonds is 5. The molecule has 0 atom stereocenters. The van der Waals surface area contributed by atoms with Crippen molar-refractivity contribution in [2.24, 2.45) is 0 Å². The van der Waals surface area contributed by atoms with Crippen molar-refractivity contribution < 1.29 is 17.9 Å². The van der Waals surface area contributed by atoms with Crippen LogP contribution in [-0.4, -0.2) is 36.2 Å². The summed E-state index contributed by atoms with van der Waals surface area (Å²) in [7, 11) is -2.48. The van der Waals surface area contributed by atoms with Gasteiger partial charge in [0.05, 0.1) is 25.4 Å². The summed E-state index contributed by atoms with van der Waals surface area (Å²) >= 11 is 0. The van der Waals surface area contributed by atoms with Crippen LogP contribution in [0.5, 0.6) is 5.88 Å². The standard InChI is InChI=1S/C18H15N5O4S/c1-12(24)22-28(25,26)15-8-9-17(20-10-15)23-18(27-3)16(11-21-23)13-4-6-14(19-2)7-5-13/h4-11H,1,3H3,(H,22,24). The Bertz CT molecular complexity index is 1160. The zero-order valence-corrected chi connectivity index (χ0v) is 15.8. The average Bonchev–Trinajstić information content (AvgIpc) is 3.11. The SMILES string of the molecule is [C-]#[N+]c1ccc(-c2cnn(-c3ccc(S(=O)(=O)NC(C)=O)cn3)c2OC)cc1. The van der Waals surface area contributed by atoms with Crippen molar-refractivity contribution in [3.63, 3.8) is 0 Å². The number of amides is 1. The van der Waals surface area contributed by atoms with Crippen LogP contribution in [0.15, 0.2) is 53.7 Å². The van der Waals surface area contributed by atoms with E-state index in [0.717, 1.165) is 18.7 Å². The highest BCUT2D eigenvalue weighted by molar-refractivity contribution is 7.90. The van der Waals surface area contributed by atoms with E-state index in [1.165, 1.54) is 23.9 Å². The van der Waals surface area contributed by atoms with Crippen LogP contribution in [0.1, 0.15) is 6.92 Å². The summed E-state index contributed by atoms with van der Waals surface area (Å²) in [5.41, 5.74) is 2.02. The number of carbonyl (C=O) groups is 1. The number of nitrogens with zero attached hydrogens (tertiary/aromatic N) is 4. The van der Waals surface area contributed by atoms with Crippen LogP contribution >= 0.6 is 0 Å². The van der Waals surface area contributed by atoms with Crippen molar-refractivity contribution in [1.82, 2.24) is 19.5 Å². The van der Waals surface area contributed by atoms with E-state index >= 15 is 0 Å². The molecule has 2 aromatic heterocycles. The van der Waals surface area contributed by atoms with Gasteiger partial charge in [-0.05, 0) is 17.7 Å². The highest BCUT2D eigenvalue weighted by Gasteiger charge is 2.18. The Hall–Kier alpha value is -3.71. The van der Waals surface area contributed by atoms with E-state index < -0.39 is 15.9 Å². The molecule has 0 bridgehead atoms. The quantitative estimate of drug-likeness (QED) is 0.662. The number of carbonyl (C=O) groups excluding carboxylic acids is 1. The molecule has 0 aliphatic carbocycles.